The van der Waals surface area contributed by atoms with E-state index in [0.717, 1.165) is 29.9 Å². The normalized spacial score (nSPS) is 10.8. The van der Waals surface area contributed by atoms with Gasteiger partial charge in [-0.3, -0.25) is 9.69 Å². The van der Waals surface area contributed by atoms with Gasteiger partial charge in [-0.2, -0.15) is 0 Å². The second-order valence-corrected chi connectivity index (χ2v) is 6.97. The van der Waals surface area contributed by atoms with Crippen LogP contribution in [-0.4, -0.2) is 42.0 Å². The molecule has 1 aromatic heterocycles. The first-order chi connectivity index (χ1) is 12.6. The lowest BCUT2D eigenvalue weighted by molar-refractivity contribution is 0.0983. The van der Waals surface area contributed by atoms with E-state index >= 15 is 0 Å². The molecule has 0 saturated carbocycles. The molecule has 1 heterocycles. The number of hydrogen-bond acceptors (Lipinski definition) is 4. The highest BCUT2D eigenvalue weighted by Crippen LogP contribution is 2.29. The van der Waals surface area contributed by atoms with Crippen molar-refractivity contribution in [2.75, 3.05) is 31.1 Å². The fourth-order valence-electron chi connectivity index (χ4n) is 2.82. The predicted molar refractivity (Wildman–Crippen MR) is 113 cm³/mol. The van der Waals surface area contributed by atoms with Gasteiger partial charge in [0.25, 0.3) is 5.91 Å². The lowest BCUT2D eigenvalue weighted by atomic mass is 10.2. The number of halogens is 2. The van der Waals surface area contributed by atoms with Crippen molar-refractivity contribution in [1.82, 2.24) is 9.88 Å². The summed E-state index contributed by atoms with van der Waals surface area (Å²) >= 11 is 1.48. The number of thiazole rings is 1. The van der Waals surface area contributed by atoms with Gasteiger partial charge in [-0.1, -0.05) is 43.4 Å². The molecule has 2 aromatic carbocycles. The summed E-state index contributed by atoms with van der Waals surface area (Å²) in [4.78, 5) is 21.6. The van der Waals surface area contributed by atoms with Gasteiger partial charge < -0.3 is 4.90 Å². The summed E-state index contributed by atoms with van der Waals surface area (Å²) in [5, 5.41) is 0.646. The first-order valence-electron chi connectivity index (χ1n) is 8.77. The van der Waals surface area contributed by atoms with Crippen LogP contribution in [0, 0.1) is 5.82 Å². The van der Waals surface area contributed by atoms with E-state index in [0.29, 0.717) is 17.2 Å². The Labute approximate surface area is 169 Å². The Morgan fingerprint density at radius 2 is 1.81 bits per heavy atom. The Hall–Kier alpha value is -2.02. The van der Waals surface area contributed by atoms with Crippen LogP contribution in [-0.2, 0) is 0 Å². The summed E-state index contributed by atoms with van der Waals surface area (Å²) in [6, 6.07) is 13.6. The SMILES string of the molecule is CCN(CC)CCN(C(=O)c1cccc(F)c1)c1nc2ccccc2s1.Cl. The third-order valence-corrected chi connectivity index (χ3v) is 5.42. The highest BCUT2D eigenvalue weighted by molar-refractivity contribution is 7.22. The monoisotopic (exact) mass is 407 g/mol. The highest BCUT2D eigenvalue weighted by atomic mass is 35.5. The standard InChI is InChI=1S/C20H22FN3OS.ClH/c1-3-23(4-2)12-13-24(19(25)15-8-7-9-16(21)14-15)20-22-17-10-5-6-11-18(17)26-20;/h5-11,14H,3-4,12-13H2,1-2H3;1H. The van der Waals surface area contributed by atoms with Crippen LogP contribution in [0.2, 0.25) is 0 Å². The number of anilines is 1. The van der Waals surface area contributed by atoms with Crippen molar-refractivity contribution >= 4 is 45.0 Å². The van der Waals surface area contributed by atoms with Crippen molar-refractivity contribution in [3.05, 3.63) is 59.9 Å². The molecule has 3 rings (SSSR count). The lowest BCUT2D eigenvalue weighted by Crippen LogP contribution is -2.38. The summed E-state index contributed by atoms with van der Waals surface area (Å²) in [5.41, 5.74) is 1.20. The molecule has 0 aliphatic heterocycles. The van der Waals surface area contributed by atoms with Gasteiger partial charge in [-0.15, -0.1) is 12.4 Å². The minimum atomic E-state index is -0.413. The zero-order valence-corrected chi connectivity index (χ0v) is 17.0. The van der Waals surface area contributed by atoms with E-state index in [2.05, 4.69) is 23.7 Å². The zero-order valence-electron chi connectivity index (χ0n) is 15.4. The average Bonchev–Trinajstić information content (AvgIpc) is 3.08. The Kier molecular flexibility index (Phi) is 7.71. The van der Waals surface area contributed by atoms with Gasteiger partial charge in [0.05, 0.1) is 10.2 Å². The molecule has 0 atom stereocenters. The molecule has 0 unspecified atom stereocenters. The fourth-order valence-corrected chi connectivity index (χ4v) is 3.81. The van der Waals surface area contributed by atoms with Crippen LogP contribution in [0.1, 0.15) is 24.2 Å². The van der Waals surface area contributed by atoms with E-state index in [9.17, 15) is 9.18 Å². The first-order valence-corrected chi connectivity index (χ1v) is 9.59. The van der Waals surface area contributed by atoms with Crippen molar-refractivity contribution in [1.29, 1.82) is 0 Å². The quantitative estimate of drug-likeness (QED) is 0.562. The Bertz CT molecular complexity index is 865. The van der Waals surface area contributed by atoms with Crippen molar-refractivity contribution in [2.24, 2.45) is 0 Å². The maximum absolute atomic E-state index is 13.6. The second-order valence-electron chi connectivity index (χ2n) is 5.96. The molecule has 4 nitrogen and oxygen atoms in total. The number of para-hydroxylation sites is 1. The number of amides is 1. The molecule has 0 aliphatic carbocycles. The Morgan fingerprint density at radius 1 is 1.07 bits per heavy atom. The van der Waals surface area contributed by atoms with Crippen molar-refractivity contribution in [3.63, 3.8) is 0 Å². The molecule has 0 saturated heterocycles. The summed E-state index contributed by atoms with van der Waals surface area (Å²) in [6.07, 6.45) is 0. The molecule has 27 heavy (non-hydrogen) atoms. The third-order valence-electron chi connectivity index (χ3n) is 4.36. The van der Waals surface area contributed by atoms with Gasteiger partial charge >= 0.3 is 0 Å². The molecule has 0 radical (unpaired) electrons. The highest BCUT2D eigenvalue weighted by Gasteiger charge is 2.22. The summed E-state index contributed by atoms with van der Waals surface area (Å²) in [7, 11) is 0. The number of carbonyl (C=O) groups is 1. The molecule has 7 heteroatoms. The van der Waals surface area contributed by atoms with Gasteiger partial charge in [0.1, 0.15) is 5.82 Å². The van der Waals surface area contributed by atoms with Crippen molar-refractivity contribution in [3.8, 4) is 0 Å². The van der Waals surface area contributed by atoms with E-state index in [1.54, 1.807) is 17.0 Å². The maximum Gasteiger partial charge on any atom is 0.260 e. The minimum absolute atomic E-state index is 0. The van der Waals surface area contributed by atoms with Gasteiger partial charge in [-0.05, 0) is 43.4 Å². The molecule has 0 bridgehead atoms. The van der Waals surface area contributed by atoms with E-state index < -0.39 is 5.82 Å². The summed E-state index contributed by atoms with van der Waals surface area (Å²) < 4.78 is 14.6. The van der Waals surface area contributed by atoms with Crippen LogP contribution in [0.25, 0.3) is 10.2 Å². The lowest BCUT2D eigenvalue weighted by Gasteiger charge is -2.24. The summed E-state index contributed by atoms with van der Waals surface area (Å²) in [6.45, 7) is 7.28. The molecule has 0 N–H and O–H groups in total. The van der Waals surface area contributed by atoms with Gasteiger partial charge in [0.15, 0.2) is 5.13 Å². The molecule has 0 spiro atoms. The van der Waals surface area contributed by atoms with Gasteiger partial charge in [0.2, 0.25) is 0 Å². The third kappa shape index (κ3) is 5.03. The van der Waals surface area contributed by atoms with E-state index in [4.69, 9.17) is 0 Å². The number of aromatic nitrogens is 1. The summed E-state index contributed by atoms with van der Waals surface area (Å²) in [5.74, 6) is -0.639. The molecular weight excluding hydrogens is 385 g/mol. The van der Waals surface area contributed by atoms with Crippen LogP contribution in [0.5, 0.6) is 0 Å². The molecular formula is C20H23ClFN3OS. The number of nitrogens with zero attached hydrogens (tertiary/aromatic N) is 3. The molecule has 0 fully saturated rings. The van der Waals surface area contributed by atoms with E-state index in [1.165, 1.54) is 23.5 Å². The number of rotatable bonds is 7. The fraction of sp³-hybridized carbons (Fsp3) is 0.300. The predicted octanol–water partition coefficient (Wildman–Crippen LogP) is 4.85. The number of fused-ring (bicyclic) bond motifs is 1. The van der Waals surface area contributed by atoms with Crippen LogP contribution >= 0.6 is 23.7 Å². The second kappa shape index (κ2) is 9.78. The van der Waals surface area contributed by atoms with E-state index in [-0.39, 0.29) is 18.3 Å². The van der Waals surface area contributed by atoms with Crippen LogP contribution in [0.3, 0.4) is 0 Å². The zero-order chi connectivity index (χ0) is 18.5. The number of benzene rings is 2. The molecule has 3 aromatic rings. The first kappa shape index (κ1) is 21.3. The number of likely N-dealkylation sites (N-methyl/N-ethyl adjacent to an activating group) is 1. The van der Waals surface area contributed by atoms with E-state index in [1.807, 2.05) is 24.3 Å². The van der Waals surface area contributed by atoms with Crippen LogP contribution in [0.4, 0.5) is 9.52 Å². The molecule has 1 amide bonds. The van der Waals surface area contributed by atoms with Gasteiger partial charge in [0, 0.05) is 18.7 Å². The molecule has 144 valence electrons. The smallest absolute Gasteiger partial charge is 0.260 e. The van der Waals surface area contributed by atoms with Crippen molar-refractivity contribution in [2.45, 2.75) is 13.8 Å². The van der Waals surface area contributed by atoms with Crippen LogP contribution < -0.4 is 4.90 Å². The minimum Gasteiger partial charge on any atom is -0.302 e. The number of hydrogen-bond donors (Lipinski definition) is 0. The Morgan fingerprint density at radius 3 is 2.48 bits per heavy atom. The van der Waals surface area contributed by atoms with Gasteiger partial charge in [-0.25, -0.2) is 9.37 Å². The maximum atomic E-state index is 13.6. The molecule has 0 aliphatic rings. The number of carbonyl (C=O) groups excluding carboxylic acids is 1. The average molecular weight is 408 g/mol. The Balaban J connectivity index is 0.00000261. The van der Waals surface area contributed by atoms with Crippen molar-refractivity contribution < 1.29 is 9.18 Å². The topological polar surface area (TPSA) is 36.4 Å². The van der Waals surface area contributed by atoms with Crippen LogP contribution in [0.15, 0.2) is 48.5 Å². The largest absolute Gasteiger partial charge is 0.302 e.